The van der Waals surface area contributed by atoms with Crippen LogP contribution in [0.5, 0.6) is 0 Å². The minimum absolute atomic E-state index is 0.127. The number of hydrogen-bond donors (Lipinski definition) is 2. The van der Waals surface area contributed by atoms with Crippen molar-refractivity contribution in [2.75, 3.05) is 13.6 Å². The van der Waals surface area contributed by atoms with E-state index in [9.17, 15) is 9.18 Å². The average Bonchev–Trinajstić information content (AvgIpc) is 3.40. The second-order valence-electron chi connectivity index (χ2n) is 7.26. The minimum Gasteiger partial charge on any atom is -0.339 e. The van der Waals surface area contributed by atoms with E-state index in [2.05, 4.69) is 33.3 Å². The molecule has 7 nitrogen and oxygen atoms in total. The summed E-state index contributed by atoms with van der Waals surface area (Å²) in [4.78, 5) is 14.3. The third-order valence-electron chi connectivity index (χ3n) is 5.07. The first-order valence-corrected chi connectivity index (χ1v) is 9.55. The number of nitrogens with zero attached hydrogens (tertiary/aromatic N) is 4. The smallest absolute Gasteiger partial charge is 0.275 e. The third-order valence-corrected chi connectivity index (χ3v) is 5.07. The van der Waals surface area contributed by atoms with Gasteiger partial charge in [-0.15, -0.1) is 5.10 Å². The topological polar surface area (TPSA) is 75.1 Å². The summed E-state index contributed by atoms with van der Waals surface area (Å²) in [6, 6.07) is 17.0. The lowest BCUT2D eigenvalue weighted by atomic mass is 10.0. The summed E-state index contributed by atoms with van der Waals surface area (Å²) in [5, 5.41) is 7.93. The molecule has 2 unspecified atom stereocenters. The van der Waals surface area contributed by atoms with Crippen molar-refractivity contribution in [1.29, 1.82) is 0 Å². The number of rotatable bonds is 6. The van der Waals surface area contributed by atoms with Crippen LogP contribution in [0.2, 0.25) is 0 Å². The van der Waals surface area contributed by atoms with Gasteiger partial charge >= 0.3 is 0 Å². The van der Waals surface area contributed by atoms with Gasteiger partial charge in [0.2, 0.25) is 0 Å². The lowest BCUT2D eigenvalue weighted by Gasteiger charge is -2.19. The molecule has 2 atom stereocenters. The summed E-state index contributed by atoms with van der Waals surface area (Å²) in [6.45, 7) is 0.763. The molecule has 0 saturated carbocycles. The number of hydrazine groups is 1. The first kappa shape index (κ1) is 19.2. The molecule has 1 fully saturated rings. The van der Waals surface area contributed by atoms with E-state index in [-0.39, 0.29) is 36.0 Å². The van der Waals surface area contributed by atoms with E-state index in [1.165, 1.54) is 16.3 Å². The first-order valence-electron chi connectivity index (χ1n) is 9.55. The van der Waals surface area contributed by atoms with Crippen LogP contribution in [0.25, 0.3) is 0 Å². The van der Waals surface area contributed by atoms with Crippen molar-refractivity contribution in [1.82, 2.24) is 30.7 Å². The number of aromatic nitrogens is 3. The van der Waals surface area contributed by atoms with E-state index in [1.54, 1.807) is 36.3 Å². The van der Waals surface area contributed by atoms with Gasteiger partial charge in [0.15, 0.2) is 5.69 Å². The SMILES string of the molecule is CN(CC1CC(c2ccccc2)NN1)C(=O)c1cn(Cc2ccccc2F)nn1. The molecule has 1 aromatic heterocycles. The molecule has 2 aromatic carbocycles. The summed E-state index contributed by atoms with van der Waals surface area (Å²) >= 11 is 0. The van der Waals surface area contributed by atoms with Crippen molar-refractivity contribution in [3.8, 4) is 0 Å². The van der Waals surface area contributed by atoms with Gasteiger partial charge in [-0.05, 0) is 18.1 Å². The summed E-state index contributed by atoms with van der Waals surface area (Å²) in [5.74, 6) is -0.518. The second-order valence-corrected chi connectivity index (χ2v) is 7.26. The molecule has 4 rings (SSSR count). The van der Waals surface area contributed by atoms with Crippen molar-refractivity contribution in [2.45, 2.75) is 25.0 Å². The maximum absolute atomic E-state index is 13.8. The Hall–Kier alpha value is -3.10. The number of hydrogen-bond acceptors (Lipinski definition) is 5. The van der Waals surface area contributed by atoms with Gasteiger partial charge in [-0.2, -0.15) is 0 Å². The second kappa shape index (κ2) is 8.50. The normalized spacial score (nSPS) is 18.7. The monoisotopic (exact) mass is 394 g/mol. The highest BCUT2D eigenvalue weighted by atomic mass is 19.1. The molecule has 1 aliphatic rings. The van der Waals surface area contributed by atoms with Crippen LogP contribution in [0, 0.1) is 5.82 Å². The number of carbonyl (C=O) groups is 1. The van der Waals surface area contributed by atoms with Crippen molar-refractivity contribution < 1.29 is 9.18 Å². The van der Waals surface area contributed by atoms with Gasteiger partial charge in [-0.3, -0.25) is 10.2 Å². The van der Waals surface area contributed by atoms with Crippen LogP contribution in [0.3, 0.4) is 0 Å². The summed E-state index contributed by atoms with van der Waals surface area (Å²) < 4.78 is 15.3. The zero-order chi connectivity index (χ0) is 20.2. The van der Waals surface area contributed by atoms with Gasteiger partial charge in [0.25, 0.3) is 5.91 Å². The van der Waals surface area contributed by atoms with Crippen molar-refractivity contribution in [3.05, 3.63) is 83.4 Å². The molecule has 2 N–H and O–H groups in total. The van der Waals surface area contributed by atoms with Crippen LogP contribution >= 0.6 is 0 Å². The molecule has 0 aliphatic carbocycles. The Balaban J connectivity index is 1.34. The molecule has 2 heterocycles. The number of nitrogens with one attached hydrogen (secondary N) is 2. The van der Waals surface area contributed by atoms with Crippen LogP contribution in [-0.4, -0.2) is 45.4 Å². The van der Waals surface area contributed by atoms with Crippen molar-refractivity contribution in [3.63, 3.8) is 0 Å². The Labute approximate surface area is 168 Å². The predicted molar refractivity (Wildman–Crippen MR) is 106 cm³/mol. The molecule has 1 aliphatic heterocycles. The van der Waals surface area contributed by atoms with E-state index in [1.807, 2.05) is 18.2 Å². The standard InChI is InChI=1S/C21H23FN6O/c1-27(13-17-11-19(24-23-17)15-7-3-2-4-8-15)21(29)20-14-28(26-25-20)12-16-9-5-6-10-18(16)22/h2-10,14,17,19,23-24H,11-13H2,1H3. The molecule has 1 saturated heterocycles. The average molecular weight is 394 g/mol. The number of halogens is 1. The first-order chi connectivity index (χ1) is 14.1. The molecule has 1 amide bonds. The Morgan fingerprint density at radius 1 is 1.17 bits per heavy atom. The number of amides is 1. The summed E-state index contributed by atoms with van der Waals surface area (Å²) in [5.41, 5.74) is 8.51. The zero-order valence-electron chi connectivity index (χ0n) is 16.1. The molecule has 0 radical (unpaired) electrons. The predicted octanol–water partition coefficient (Wildman–Crippen LogP) is 2.15. The highest BCUT2D eigenvalue weighted by Gasteiger charge is 2.27. The van der Waals surface area contributed by atoms with Crippen LogP contribution in [-0.2, 0) is 6.54 Å². The highest BCUT2D eigenvalue weighted by Crippen LogP contribution is 2.22. The fraction of sp³-hybridized carbons (Fsp3) is 0.286. The molecule has 29 heavy (non-hydrogen) atoms. The lowest BCUT2D eigenvalue weighted by molar-refractivity contribution is 0.0777. The van der Waals surface area contributed by atoms with Crippen LogP contribution < -0.4 is 10.9 Å². The minimum atomic E-state index is -0.305. The Morgan fingerprint density at radius 2 is 1.93 bits per heavy atom. The van der Waals surface area contributed by atoms with Gasteiger partial charge in [0.05, 0.1) is 12.7 Å². The summed E-state index contributed by atoms with van der Waals surface area (Å²) in [6.07, 6.45) is 2.43. The quantitative estimate of drug-likeness (QED) is 0.670. The molecular weight excluding hydrogens is 371 g/mol. The zero-order valence-corrected chi connectivity index (χ0v) is 16.1. The Kier molecular flexibility index (Phi) is 5.64. The van der Waals surface area contributed by atoms with E-state index in [0.717, 1.165) is 6.42 Å². The molecule has 8 heteroatoms. The third kappa shape index (κ3) is 4.49. The van der Waals surface area contributed by atoms with E-state index in [4.69, 9.17) is 0 Å². The fourth-order valence-corrected chi connectivity index (χ4v) is 3.53. The molecule has 3 aromatic rings. The van der Waals surface area contributed by atoms with Crippen LogP contribution in [0.4, 0.5) is 4.39 Å². The number of likely N-dealkylation sites (N-methyl/N-ethyl adjacent to an activating group) is 1. The Bertz CT molecular complexity index is 976. The maximum atomic E-state index is 13.8. The van der Waals surface area contributed by atoms with Gasteiger partial charge < -0.3 is 4.90 Å². The number of benzene rings is 2. The van der Waals surface area contributed by atoms with Gasteiger partial charge in [-0.1, -0.05) is 53.7 Å². The van der Waals surface area contributed by atoms with Crippen LogP contribution in [0.15, 0.2) is 60.8 Å². The van der Waals surface area contributed by atoms with E-state index >= 15 is 0 Å². The molecular formula is C21H23FN6O. The van der Waals surface area contributed by atoms with E-state index < -0.39 is 0 Å². The molecule has 0 spiro atoms. The maximum Gasteiger partial charge on any atom is 0.275 e. The van der Waals surface area contributed by atoms with Gasteiger partial charge in [-0.25, -0.2) is 14.5 Å². The Morgan fingerprint density at radius 3 is 2.72 bits per heavy atom. The molecule has 150 valence electrons. The molecule has 0 bridgehead atoms. The fourth-order valence-electron chi connectivity index (χ4n) is 3.53. The van der Waals surface area contributed by atoms with Crippen molar-refractivity contribution in [2.24, 2.45) is 0 Å². The largest absolute Gasteiger partial charge is 0.339 e. The van der Waals surface area contributed by atoms with Crippen molar-refractivity contribution >= 4 is 5.91 Å². The van der Waals surface area contributed by atoms with Gasteiger partial charge in [0, 0.05) is 31.2 Å². The highest BCUT2D eigenvalue weighted by molar-refractivity contribution is 5.91. The lowest BCUT2D eigenvalue weighted by Crippen LogP contribution is -2.41. The summed E-state index contributed by atoms with van der Waals surface area (Å²) in [7, 11) is 1.75. The van der Waals surface area contributed by atoms with Crippen LogP contribution in [0.1, 0.15) is 34.1 Å². The van der Waals surface area contributed by atoms with Gasteiger partial charge in [0.1, 0.15) is 5.82 Å². The number of carbonyl (C=O) groups excluding carboxylic acids is 1. The van der Waals surface area contributed by atoms with E-state index in [0.29, 0.717) is 12.1 Å².